The normalized spacial score (nSPS) is 11.6. The van der Waals surface area contributed by atoms with Gasteiger partial charge in [-0.1, -0.05) is 24.9 Å². The lowest BCUT2D eigenvalue weighted by Crippen LogP contribution is -2.14. The summed E-state index contributed by atoms with van der Waals surface area (Å²) in [5.74, 6) is -0.540. The number of ether oxygens (including phenoxy) is 1. The standard InChI is InChI=1S/C12H16BrFN2O2/c1-2-3-4-7-18-9-6-5-8(12(15)16-17)10(13)11(9)14/h5-6,17H,2-4,7H2,1H3,(H2,15,16). The lowest BCUT2D eigenvalue weighted by molar-refractivity contribution is 0.291. The fourth-order valence-corrected chi connectivity index (χ4v) is 1.96. The van der Waals surface area contributed by atoms with Gasteiger partial charge in [0.1, 0.15) is 0 Å². The van der Waals surface area contributed by atoms with Gasteiger partial charge in [0.05, 0.1) is 11.1 Å². The quantitative estimate of drug-likeness (QED) is 0.278. The fourth-order valence-electron chi connectivity index (χ4n) is 1.43. The molecule has 4 nitrogen and oxygen atoms in total. The van der Waals surface area contributed by atoms with Crippen LogP contribution >= 0.6 is 15.9 Å². The first-order chi connectivity index (χ1) is 8.61. The Morgan fingerprint density at radius 1 is 1.50 bits per heavy atom. The monoisotopic (exact) mass is 318 g/mol. The summed E-state index contributed by atoms with van der Waals surface area (Å²) in [6, 6.07) is 3.01. The molecule has 0 aliphatic rings. The van der Waals surface area contributed by atoms with Crippen LogP contribution in [0.4, 0.5) is 4.39 Å². The van der Waals surface area contributed by atoms with Gasteiger partial charge in [-0.05, 0) is 34.5 Å². The van der Waals surface area contributed by atoms with Gasteiger partial charge < -0.3 is 15.7 Å². The molecule has 0 saturated carbocycles. The van der Waals surface area contributed by atoms with E-state index in [0.717, 1.165) is 19.3 Å². The Labute approximate surface area is 114 Å². The number of oxime groups is 1. The van der Waals surface area contributed by atoms with E-state index >= 15 is 0 Å². The van der Waals surface area contributed by atoms with Gasteiger partial charge in [0.25, 0.3) is 0 Å². The maximum atomic E-state index is 13.9. The third kappa shape index (κ3) is 3.60. The SMILES string of the molecule is CCCCCOc1ccc(/C(N)=N/O)c(Br)c1F. The minimum atomic E-state index is -0.546. The molecule has 1 aromatic rings. The van der Waals surface area contributed by atoms with Crippen molar-refractivity contribution in [2.45, 2.75) is 26.2 Å². The molecule has 3 N–H and O–H groups in total. The molecular weight excluding hydrogens is 303 g/mol. The van der Waals surface area contributed by atoms with Crippen LogP contribution in [-0.2, 0) is 0 Å². The van der Waals surface area contributed by atoms with Gasteiger partial charge >= 0.3 is 0 Å². The summed E-state index contributed by atoms with van der Waals surface area (Å²) in [7, 11) is 0. The molecule has 1 aromatic carbocycles. The molecule has 100 valence electrons. The van der Waals surface area contributed by atoms with Crippen molar-refractivity contribution in [3.63, 3.8) is 0 Å². The molecule has 0 atom stereocenters. The molecule has 0 aliphatic carbocycles. The van der Waals surface area contributed by atoms with E-state index in [1.807, 2.05) is 0 Å². The Morgan fingerprint density at radius 2 is 2.22 bits per heavy atom. The highest BCUT2D eigenvalue weighted by Gasteiger charge is 2.14. The van der Waals surface area contributed by atoms with Crippen LogP contribution in [0.5, 0.6) is 5.75 Å². The summed E-state index contributed by atoms with van der Waals surface area (Å²) in [6.07, 6.45) is 3.01. The van der Waals surface area contributed by atoms with E-state index in [-0.39, 0.29) is 21.6 Å². The molecule has 6 heteroatoms. The van der Waals surface area contributed by atoms with Crippen LogP contribution in [0, 0.1) is 5.82 Å². The van der Waals surface area contributed by atoms with Crippen molar-refractivity contribution in [2.75, 3.05) is 6.61 Å². The maximum absolute atomic E-state index is 13.9. The third-order valence-electron chi connectivity index (χ3n) is 2.44. The Hall–Kier alpha value is -1.30. The van der Waals surface area contributed by atoms with Gasteiger partial charge in [0.2, 0.25) is 0 Å². The van der Waals surface area contributed by atoms with Crippen molar-refractivity contribution in [2.24, 2.45) is 10.9 Å². The second-order valence-electron chi connectivity index (χ2n) is 3.78. The Kier molecular flexibility index (Phi) is 5.91. The number of hydrogen-bond donors (Lipinski definition) is 2. The van der Waals surface area contributed by atoms with Gasteiger partial charge in [0.15, 0.2) is 17.4 Å². The highest BCUT2D eigenvalue weighted by Crippen LogP contribution is 2.28. The number of nitrogens with zero attached hydrogens (tertiary/aromatic N) is 1. The van der Waals surface area contributed by atoms with Crippen molar-refractivity contribution in [3.8, 4) is 5.75 Å². The molecule has 0 spiro atoms. The molecule has 0 heterocycles. The van der Waals surface area contributed by atoms with Crippen LogP contribution in [0.3, 0.4) is 0 Å². The minimum absolute atomic E-state index is 0.130. The Bertz CT molecular complexity index is 438. The number of benzene rings is 1. The molecule has 0 aliphatic heterocycles. The Balaban J connectivity index is 2.81. The van der Waals surface area contributed by atoms with Gasteiger partial charge in [-0.15, -0.1) is 0 Å². The Morgan fingerprint density at radius 3 is 2.83 bits per heavy atom. The number of rotatable bonds is 6. The van der Waals surface area contributed by atoms with Crippen LogP contribution in [-0.4, -0.2) is 17.6 Å². The van der Waals surface area contributed by atoms with Gasteiger partial charge in [-0.2, -0.15) is 0 Å². The average Bonchev–Trinajstić information content (AvgIpc) is 2.38. The lowest BCUT2D eigenvalue weighted by Gasteiger charge is -2.10. The van der Waals surface area contributed by atoms with Gasteiger partial charge in [-0.3, -0.25) is 0 Å². The average molecular weight is 319 g/mol. The van der Waals surface area contributed by atoms with Gasteiger partial charge in [0, 0.05) is 5.56 Å². The third-order valence-corrected chi connectivity index (χ3v) is 3.21. The van der Waals surface area contributed by atoms with E-state index in [1.54, 1.807) is 0 Å². The van der Waals surface area contributed by atoms with E-state index in [1.165, 1.54) is 12.1 Å². The van der Waals surface area contributed by atoms with E-state index in [9.17, 15) is 4.39 Å². The number of halogens is 2. The van der Waals surface area contributed by atoms with Crippen molar-refractivity contribution in [3.05, 3.63) is 28.0 Å². The van der Waals surface area contributed by atoms with E-state index in [0.29, 0.717) is 6.61 Å². The lowest BCUT2D eigenvalue weighted by atomic mass is 10.2. The van der Waals surface area contributed by atoms with Crippen molar-refractivity contribution >= 4 is 21.8 Å². The largest absolute Gasteiger partial charge is 0.490 e. The number of nitrogens with two attached hydrogens (primary N) is 1. The van der Waals surface area contributed by atoms with E-state index < -0.39 is 5.82 Å². The van der Waals surface area contributed by atoms with Crippen LogP contribution in [0.25, 0.3) is 0 Å². The predicted octanol–water partition coefficient (Wildman–Crippen LogP) is 3.25. The number of unbranched alkanes of at least 4 members (excludes halogenated alkanes) is 2. The molecule has 0 unspecified atom stereocenters. The van der Waals surface area contributed by atoms with Crippen LogP contribution in [0.1, 0.15) is 31.7 Å². The smallest absolute Gasteiger partial charge is 0.179 e. The molecule has 0 saturated heterocycles. The summed E-state index contributed by atoms with van der Waals surface area (Å²) in [4.78, 5) is 0. The molecule has 1 rings (SSSR count). The van der Waals surface area contributed by atoms with Crippen LogP contribution in [0.15, 0.2) is 21.8 Å². The molecule has 18 heavy (non-hydrogen) atoms. The molecule has 0 aromatic heterocycles. The first-order valence-electron chi connectivity index (χ1n) is 5.70. The summed E-state index contributed by atoms with van der Waals surface area (Å²) < 4.78 is 19.4. The maximum Gasteiger partial charge on any atom is 0.179 e. The first kappa shape index (κ1) is 14.8. The van der Waals surface area contributed by atoms with Crippen LogP contribution < -0.4 is 10.5 Å². The molecule has 0 bridgehead atoms. The predicted molar refractivity (Wildman–Crippen MR) is 71.6 cm³/mol. The van der Waals surface area contributed by atoms with Crippen molar-refractivity contribution in [1.82, 2.24) is 0 Å². The van der Waals surface area contributed by atoms with Crippen LogP contribution in [0.2, 0.25) is 0 Å². The van der Waals surface area contributed by atoms with Gasteiger partial charge in [-0.25, -0.2) is 4.39 Å². The molecular formula is C12H16BrFN2O2. The van der Waals surface area contributed by atoms with E-state index in [2.05, 4.69) is 28.0 Å². The highest BCUT2D eigenvalue weighted by molar-refractivity contribution is 9.10. The second kappa shape index (κ2) is 7.20. The van der Waals surface area contributed by atoms with E-state index in [4.69, 9.17) is 15.7 Å². The summed E-state index contributed by atoms with van der Waals surface area (Å²) >= 11 is 3.07. The first-order valence-corrected chi connectivity index (χ1v) is 6.49. The van der Waals surface area contributed by atoms with Crippen molar-refractivity contribution in [1.29, 1.82) is 0 Å². The molecule has 0 radical (unpaired) electrons. The molecule has 0 fully saturated rings. The second-order valence-corrected chi connectivity index (χ2v) is 4.57. The number of hydrogen-bond acceptors (Lipinski definition) is 3. The summed E-state index contributed by atoms with van der Waals surface area (Å²) in [5.41, 5.74) is 5.70. The van der Waals surface area contributed by atoms with Crippen molar-refractivity contribution < 1.29 is 14.3 Å². The molecule has 0 amide bonds. The topological polar surface area (TPSA) is 67.8 Å². The summed E-state index contributed by atoms with van der Waals surface area (Å²) in [5, 5.41) is 11.4. The number of amidine groups is 1. The zero-order chi connectivity index (χ0) is 13.5. The summed E-state index contributed by atoms with van der Waals surface area (Å²) in [6.45, 7) is 2.56. The minimum Gasteiger partial charge on any atom is -0.490 e. The fraction of sp³-hybridized carbons (Fsp3) is 0.417. The zero-order valence-electron chi connectivity index (χ0n) is 10.1. The zero-order valence-corrected chi connectivity index (χ0v) is 11.7. The highest BCUT2D eigenvalue weighted by atomic mass is 79.9.